The number of ether oxygens (including phenoxy) is 2. The van der Waals surface area contributed by atoms with E-state index in [4.69, 9.17) is 21.1 Å². The van der Waals surface area contributed by atoms with Gasteiger partial charge in [0, 0.05) is 22.5 Å². The second-order valence-corrected chi connectivity index (χ2v) is 6.92. The molecule has 0 saturated heterocycles. The Hall–Kier alpha value is -2.57. The van der Waals surface area contributed by atoms with E-state index in [1.54, 1.807) is 30.8 Å². The van der Waals surface area contributed by atoms with Crippen LogP contribution in [0.5, 0.6) is 11.5 Å². The molecular weight excluding hydrogens is 384 g/mol. The first-order valence-electron chi connectivity index (χ1n) is 8.36. The number of nitrogens with zero attached hydrogens (tertiary/aromatic N) is 1. The number of benzene rings is 2. The number of carbonyl (C=O) groups excluding carboxylic acids is 1. The Morgan fingerprint density at radius 1 is 1.19 bits per heavy atom. The van der Waals surface area contributed by atoms with Crippen LogP contribution in [-0.4, -0.2) is 24.5 Å². The molecule has 3 aromatic rings. The minimum absolute atomic E-state index is 0.159. The Kier molecular flexibility index (Phi) is 6.68. The molecule has 0 atom stereocenters. The summed E-state index contributed by atoms with van der Waals surface area (Å²) < 4.78 is 11.1. The van der Waals surface area contributed by atoms with Gasteiger partial charge < -0.3 is 14.8 Å². The van der Waals surface area contributed by atoms with Crippen LogP contribution in [0.25, 0.3) is 0 Å². The smallest absolute Gasteiger partial charge is 0.251 e. The number of aromatic nitrogens is 1. The van der Waals surface area contributed by atoms with Crippen LogP contribution in [0.15, 0.2) is 53.4 Å². The third-order valence-electron chi connectivity index (χ3n) is 3.90. The number of nitrogens with one attached hydrogen (secondary N) is 1. The van der Waals surface area contributed by atoms with E-state index in [1.807, 2.05) is 29.6 Å². The minimum Gasteiger partial charge on any atom is -0.493 e. The van der Waals surface area contributed by atoms with Crippen molar-refractivity contribution >= 4 is 28.8 Å². The Labute approximate surface area is 166 Å². The standard InChI is InChI=1S/C20H19ClN2O3S/c1-25-19-10-15(4-7-18(19)26-11-17-12-27-13-23-17)20(24)22-9-8-14-2-5-16(21)6-3-14/h2-7,10,12-13H,8-9,11H2,1H3,(H,22,24). The van der Waals surface area contributed by atoms with Crippen LogP contribution in [0.2, 0.25) is 5.02 Å². The van der Waals surface area contributed by atoms with Crippen molar-refractivity contribution in [3.63, 3.8) is 0 Å². The van der Waals surface area contributed by atoms with Crippen LogP contribution >= 0.6 is 22.9 Å². The van der Waals surface area contributed by atoms with Crippen molar-refractivity contribution in [1.29, 1.82) is 0 Å². The van der Waals surface area contributed by atoms with Gasteiger partial charge in [0.05, 0.1) is 18.3 Å². The van der Waals surface area contributed by atoms with E-state index in [-0.39, 0.29) is 5.91 Å². The molecule has 140 valence electrons. The molecule has 5 nitrogen and oxygen atoms in total. The van der Waals surface area contributed by atoms with Crippen molar-refractivity contribution in [1.82, 2.24) is 10.3 Å². The lowest BCUT2D eigenvalue weighted by Gasteiger charge is -2.12. The molecular formula is C20H19ClN2O3S. The second kappa shape index (κ2) is 9.39. The van der Waals surface area contributed by atoms with E-state index in [0.29, 0.717) is 35.2 Å². The average molecular weight is 403 g/mol. The molecule has 1 N–H and O–H groups in total. The summed E-state index contributed by atoms with van der Waals surface area (Å²) >= 11 is 7.39. The highest BCUT2D eigenvalue weighted by Crippen LogP contribution is 2.28. The van der Waals surface area contributed by atoms with Crippen LogP contribution in [0, 0.1) is 0 Å². The SMILES string of the molecule is COc1cc(C(=O)NCCc2ccc(Cl)cc2)ccc1OCc1cscn1. The Bertz CT molecular complexity index is 883. The fraction of sp³-hybridized carbons (Fsp3) is 0.200. The highest BCUT2D eigenvalue weighted by molar-refractivity contribution is 7.07. The van der Waals surface area contributed by atoms with E-state index in [9.17, 15) is 4.79 Å². The van der Waals surface area contributed by atoms with Gasteiger partial charge in [0.15, 0.2) is 11.5 Å². The van der Waals surface area contributed by atoms with Crippen molar-refractivity contribution in [2.75, 3.05) is 13.7 Å². The number of amides is 1. The van der Waals surface area contributed by atoms with Crippen molar-refractivity contribution in [2.24, 2.45) is 0 Å². The van der Waals surface area contributed by atoms with Gasteiger partial charge in [0.25, 0.3) is 5.91 Å². The van der Waals surface area contributed by atoms with Crippen LogP contribution in [0.4, 0.5) is 0 Å². The minimum atomic E-state index is -0.159. The highest BCUT2D eigenvalue weighted by atomic mass is 35.5. The van der Waals surface area contributed by atoms with Crippen molar-refractivity contribution in [2.45, 2.75) is 13.0 Å². The third-order valence-corrected chi connectivity index (χ3v) is 4.78. The van der Waals surface area contributed by atoms with Gasteiger partial charge in [-0.15, -0.1) is 11.3 Å². The molecule has 0 aliphatic rings. The predicted octanol–water partition coefficient (Wildman–Crippen LogP) is 4.36. The summed E-state index contributed by atoms with van der Waals surface area (Å²) in [6.45, 7) is 0.886. The zero-order valence-electron chi connectivity index (χ0n) is 14.8. The molecule has 0 fully saturated rings. The maximum atomic E-state index is 12.4. The first-order valence-corrected chi connectivity index (χ1v) is 9.68. The molecule has 0 unspecified atom stereocenters. The number of thiazole rings is 1. The van der Waals surface area contributed by atoms with Gasteiger partial charge >= 0.3 is 0 Å². The topological polar surface area (TPSA) is 60.5 Å². The van der Waals surface area contributed by atoms with Gasteiger partial charge in [0.1, 0.15) is 6.61 Å². The number of hydrogen-bond acceptors (Lipinski definition) is 5. The largest absolute Gasteiger partial charge is 0.493 e. The Balaban J connectivity index is 1.56. The lowest BCUT2D eigenvalue weighted by atomic mass is 10.1. The van der Waals surface area contributed by atoms with Gasteiger partial charge in [-0.25, -0.2) is 4.98 Å². The zero-order chi connectivity index (χ0) is 19.1. The number of carbonyl (C=O) groups is 1. The van der Waals surface area contributed by atoms with Gasteiger partial charge in [-0.1, -0.05) is 23.7 Å². The molecule has 2 aromatic carbocycles. The van der Waals surface area contributed by atoms with Crippen molar-refractivity contribution < 1.29 is 14.3 Å². The average Bonchev–Trinajstić information content (AvgIpc) is 3.21. The second-order valence-electron chi connectivity index (χ2n) is 5.77. The first-order chi connectivity index (χ1) is 13.2. The molecule has 1 aromatic heterocycles. The number of methoxy groups -OCH3 is 1. The Morgan fingerprint density at radius 3 is 2.70 bits per heavy atom. The number of rotatable bonds is 8. The van der Waals surface area contributed by atoms with Gasteiger partial charge in [0.2, 0.25) is 0 Å². The quantitative estimate of drug-likeness (QED) is 0.608. The van der Waals surface area contributed by atoms with Crippen molar-refractivity contribution in [3.8, 4) is 11.5 Å². The predicted molar refractivity (Wildman–Crippen MR) is 107 cm³/mol. The maximum Gasteiger partial charge on any atom is 0.251 e. The monoisotopic (exact) mass is 402 g/mol. The highest BCUT2D eigenvalue weighted by Gasteiger charge is 2.11. The molecule has 7 heteroatoms. The van der Waals surface area contributed by atoms with E-state index < -0.39 is 0 Å². The van der Waals surface area contributed by atoms with E-state index in [0.717, 1.165) is 17.7 Å². The van der Waals surface area contributed by atoms with Crippen molar-refractivity contribution in [3.05, 3.63) is 75.2 Å². The lowest BCUT2D eigenvalue weighted by molar-refractivity contribution is 0.0953. The zero-order valence-corrected chi connectivity index (χ0v) is 16.3. The van der Waals surface area contributed by atoms with E-state index in [2.05, 4.69) is 10.3 Å². The van der Waals surface area contributed by atoms with Crippen LogP contribution in [0.3, 0.4) is 0 Å². The van der Waals surface area contributed by atoms with E-state index >= 15 is 0 Å². The number of halogens is 1. The molecule has 0 aliphatic heterocycles. The molecule has 0 bridgehead atoms. The molecule has 0 radical (unpaired) electrons. The number of hydrogen-bond donors (Lipinski definition) is 1. The molecule has 0 aliphatic carbocycles. The normalized spacial score (nSPS) is 10.4. The van der Waals surface area contributed by atoms with Gasteiger partial charge in [-0.05, 0) is 42.3 Å². The van der Waals surface area contributed by atoms with Crippen LogP contribution < -0.4 is 14.8 Å². The molecule has 1 heterocycles. The summed E-state index contributed by atoms with van der Waals surface area (Å²) in [5, 5.41) is 5.54. The molecule has 3 rings (SSSR count). The lowest BCUT2D eigenvalue weighted by Crippen LogP contribution is -2.25. The molecule has 0 spiro atoms. The fourth-order valence-corrected chi connectivity index (χ4v) is 3.13. The van der Waals surface area contributed by atoms with E-state index in [1.165, 1.54) is 11.3 Å². The van der Waals surface area contributed by atoms with Crippen LogP contribution in [0.1, 0.15) is 21.6 Å². The maximum absolute atomic E-state index is 12.4. The Morgan fingerprint density at radius 2 is 2.00 bits per heavy atom. The molecule has 1 amide bonds. The summed E-state index contributed by atoms with van der Waals surface area (Å²) in [6.07, 6.45) is 0.731. The summed E-state index contributed by atoms with van der Waals surface area (Å²) in [7, 11) is 1.55. The summed E-state index contributed by atoms with van der Waals surface area (Å²) in [5.41, 5.74) is 4.24. The fourth-order valence-electron chi connectivity index (χ4n) is 2.46. The third kappa shape index (κ3) is 5.45. The van der Waals surface area contributed by atoms with Gasteiger partial charge in [-0.3, -0.25) is 4.79 Å². The summed E-state index contributed by atoms with van der Waals surface area (Å²) in [6, 6.07) is 12.7. The summed E-state index contributed by atoms with van der Waals surface area (Å²) in [5.74, 6) is 0.923. The van der Waals surface area contributed by atoms with Gasteiger partial charge in [-0.2, -0.15) is 0 Å². The van der Waals surface area contributed by atoms with Crippen LogP contribution in [-0.2, 0) is 13.0 Å². The molecule has 27 heavy (non-hydrogen) atoms. The molecule has 0 saturated carbocycles. The first kappa shape index (κ1) is 19.2. The summed E-state index contributed by atoms with van der Waals surface area (Å²) in [4.78, 5) is 16.6.